The van der Waals surface area contributed by atoms with Gasteiger partial charge in [-0.25, -0.2) is 0 Å². The van der Waals surface area contributed by atoms with Crippen LogP contribution >= 0.6 is 35.6 Å². The van der Waals surface area contributed by atoms with Crippen molar-refractivity contribution in [2.24, 2.45) is 16.6 Å². The molecule has 0 unspecified atom stereocenters. The van der Waals surface area contributed by atoms with Crippen LogP contribution in [-0.4, -0.2) is 74.6 Å². The van der Waals surface area contributed by atoms with Gasteiger partial charge in [0.1, 0.15) is 12.4 Å². The molecule has 176 valence electrons. The number of carbonyl (C=O) groups is 1. The molecule has 1 aliphatic rings. The summed E-state index contributed by atoms with van der Waals surface area (Å²) >= 11 is 5.90. The lowest BCUT2D eigenvalue weighted by atomic mass is 9.96. The molecule has 1 aliphatic heterocycles. The van der Waals surface area contributed by atoms with Crippen LogP contribution < -0.4 is 15.8 Å². The normalized spacial score (nSPS) is 15.3. The van der Waals surface area contributed by atoms with Crippen LogP contribution in [0.5, 0.6) is 5.75 Å². The second-order valence-corrected chi connectivity index (χ2v) is 8.12. The van der Waals surface area contributed by atoms with Crippen LogP contribution in [0.1, 0.15) is 32.6 Å². The van der Waals surface area contributed by atoms with Crippen LogP contribution in [-0.2, 0) is 4.79 Å². The summed E-state index contributed by atoms with van der Waals surface area (Å²) in [6.07, 6.45) is 3.93. The van der Waals surface area contributed by atoms with Gasteiger partial charge in [0, 0.05) is 31.1 Å². The fraction of sp³-hybridized carbons (Fsp3) is 0.636. The molecule has 2 rings (SSSR count). The van der Waals surface area contributed by atoms with E-state index in [4.69, 9.17) is 27.1 Å². The Bertz CT molecular complexity index is 666. The minimum absolute atomic E-state index is 0. The number of benzene rings is 1. The molecule has 0 aromatic heterocycles. The van der Waals surface area contributed by atoms with E-state index >= 15 is 0 Å². The number of halogens is 2. The lowest BCUT2D eigenvalue weighted by molar-refractivity contribution is -0.123. The fourth-order valence-corrected chi connectivity index (χ4v) is 3.61. The second-order valence-electron chi connectivity index (χ2n) is 7.68. The number of nitrogens with one attached hydrogen (secondary N) is 1. The standard InChI is InChI=1S/C22H36ClN5O2.HI/c1-3-25-22(27(2)16-17-30-20-8-6-19(23)7-9-20)26-12-4-5-13-28-14-10-18(11-15-28)21(24)29;/h6-9,18H,3-5,10-17H2,1-2H3,(H2,24,29)(H,25,26);1H. The van der Waals surface area contributed by atoms with Gasteiger partial charge in [-0.05, 0) is 76.5 Å². The molecular weight excluding hydrogens is 529 g/mol. The van der Waals surface area contributed by atoms with E-state index in [2.05, 4.69) is 22.0 Å². The predicted octanol–water partition coefficient (Wildman–Crippen LogP) is 3.21. The predicted molar refractivity (Wildman–Crippen MR) is 139 cm³/mol. The maximum atomic E-state index is 11.2. The number of likely N-dealkylation sites (N-methyl/N-ethyl adjacent to an activating group) is 1. The van der Waals surface area contributed by atoms with E-state index in [1.165, 1.54) is 0 Å². The minimum Gasteiger partial charge on any atom is -0.492 e. The number of rotatable bonds is 11. The van der Waals surface area contributed by atoms with Gasteiger partial charge < -0.3 is 25.6 Å². The summed E-state index contributed by atoms with van der Waals surface area (Å²) in [4.78, 5) is 20.5. The van der Waals surface area contributed by atoms with Gasteiger partial charge in [-0.15, -0.1) is 24.0 Å². The molecule has 0 bridgehead atoms. The molecule has 31 heavy (non-hydrogen) atoms. The van der Waals surface area contributed by atoms with Crippen molar-refractivity contribution in [1.29, 1.82) is 0 Å². The number of likely N-dealkylation sites (tertiary alicyclic amines) is 1. The van der Waals surface area contributed by atoms with Gasteiger partial charge in [-0.1, -0.05) is 11.6 Å². The molecule has 3 N–H and O–H groups in total. The maximum Gasteiger partial charge on any atom is 0.220 e. The molecular formula is C22H37ClIN5O2. The number of amides is 1. The van der Waals surface area contributed by atoms with Crippen LogP contribution in [0.15, 0.2) is 29.3 Å². The minimum atomic E-state index is -0.150. The van der Waals surface area contributed by atoms with Crippen LogP contribution in [0.2, 0.25) is 5.02 Å². The average molecular weight is 566 g/mol. The first-order valence-corrected chi connectivity index (χ1v) is 11.3. The molecule has 1 saturated heterocycles. The van der Waals surface area contributed by atoms with Gasteiger partial charge in [-0.3, -0.25) is 9.79 Å². The Morgan fingerprint density at radius 2 is 1.97 bits per heavy atom. The first kappa shape index (κ1) is 27.8. The Morgan fingerprint density at radius 3 is 2.58 bits per heavy atom. The van der Waals surface area contributed by atoms with Crippen molar-refractivity contribution < 1.29 is 9.53 Å². The zero-order valence-electron chi connectivity index (χ0n) is 18.7. The Morgan fingerprint density at radius 1 is 1.29 bits per heavy atom. The molecule has 0 saturated carbocycles. The largest absolute Gasteiger partial charge is 0.492 e. The topological polar surface area (TPSA) is 83.2 Å². The number of guanidine groups is 1. The molecule has 0 atom stereocenters. The molecule has 7 nitrogen and oxygen atoms in total. The van der Waals surface area contributed by atoms with Gasteiger partial charge in [0.25, 0.3) is 0 Å². The lowest BCUT2D eigenvalue weighted by Gasteiger charge is -2.30. The highest BCUT2D eigenvalue weighted by molar-refractivity contribution is 14.0. The van der Waals surface area contributed by atoms with Crippen molar-refractivity contribution in [3.05, 3.63) is 29.3 Å². The van der Waals surface area contributed by atoms with Crippen molar-refractivity contribution in [1.82, 2.24) is 15.1 Å². The number of piperidine rings is 1. The quantitative estimate of drug-likeness (QED) is 0.186. The molecule has 0 radical (unpaired) electrons. The molecule has 0 spiro atoms. The van der Waals surface area contributed by atoms with E-state index < -0.39 is 0 Å². The summed E-state index contributed by atoms with van der Waals surface area (Å²) < 4.78 is 5.77. The third-order valence-corrected chi connectivity index (χ3v) is 5.59. The number of hydrogen-bond donors (Lipinski definition) is 2. The van der Waals surface area contributed by atoms with Gasteiger partial charge in [-0.2, -0.15) is 0 Å². The van der Waals surface area contributed by atoms with E-state index in [1.807, 2.05) is 31.3 Å². The Hall–Kier alpha value is -1.26. The molecule has 0 aliphatic carbocycles. The first-order chi connectivity index (χ1) is 14.5. The maximum absolute atomic E-state index is 11.2. The molecule has 9 heteroatoms. The molecule has 1 fully saturated rings. The van der Waals surface area contributed by atoms with Gasteiger partial charge in [0.2, 0.25) is 5.91 Å². The molecule has 1 heterocycles. The lowest BCUT2D eigenvalue weighted by Crippen LogP contribution is -2.41. The van der Waals surface area contributed by atoms with E-state index in [0.717, 1.165) is 76.7 Å². The number of nitrogens with zero attached hydrogens (tertiary/aromatic N) is 3. The number of ether oxygens (including phenoxy) is 1. The summed E-state index contributed by atoms with van der Waals surface area (Å²) in [6.45, 7) is 8.00. The highest BCUT2D eigenvalue weighted by Crippen LogP contribution is 2.17. The second kappa shape index (κ2) is 15.5. The monoisotopic (exact) mass is 565 g/mol. The summed E-state index contributed by atoms with van der Waals surface area (Å²) in [5, 5.41) is 4.05. The van der Waals surface area contributed by atoms with Crippen molar-refractivity contribution in [3.63, 3.8) is 0 Å². The third-order valence-electron chi connectivity index (χ3n) is 5.34. The van der Waals surface area contributed by atoms with Gasteiger partial charge in [0.15, 0.2) is 5.96 Å². The van der Waals surface area contributed by atoms with Crippen molar-refractivity contribution in [3.8, 4) is 5.75 Å². The highest BCUT2D eigenvalue weighted by Gasteiger charge is 2.22. The molecule has 1 amide bonds. The molecule has 1 aromatic rings. The first-order valence-electron chi connectivity index (χ1n) is 10.9. The van der Waals surface area contributed by atoms with E-state index in [1.54, 1.807) is 0 Å². The van der Waals surface area contributed by atoms with Crippen molar-refractivity contribution >= 4 is 47.4 Å². The fourth-order valence-electron chi connectivity index (χ4n) is 3.48. The number of aliphatic imine (C=N–C) groups is 1. The van der Waals surface area contributed by atoms with Crippen molar-refractivity contribution in [2.45, 2.75) is 32.6 Å². The number of hydrogen-bond acceptors (Lipinski definition) is 4. The number of nitrogens with two attached hydrogens (primary N) is 1. The summed E-state index contributed by atoms with van der Waals surface area (Å²) in [5.74, 6) is 1.63. The van der Waals surface area contributed by atoms with E-state index in [-0.39, 0.29) is 35.8 Å². The molecule has 1 aromatic carbocycles. The smallest absolute Gasteiger partial charge is 0.220 e. The zero-order valence-corrected chi connectivity index (χ0v) is 21.8. The Balaban J connectivity index is 0.00000480. The third kappa shape index (κ3) is 10.7. The number of primary amides is 1. The zero-order chi connectivity index (χ0) is 21.8. The van der Waals surface area contributed by atoms with Gasteiger partial charge >= 0.3 is 0 Å². The Kier molecular flexibility index (Phi) is 13.9. The average Bonchev–Trinajstić information content (AvgIpc) is 2.74. The van der Waals surface area contributed by atoms with E-state index in [0.29, 0.717) is 11.6 Å². The Labute approximate surface area is 208 Å². The summed E-state index contributed by atoms with van der Waals surface area (Å²) in [7, 11) is 2.02. The van der Waals surface area contributed by atoms with Crippen LogP contribution in [0.3, 0.4) is 0 Å². The number of carbonyl (C=O) groups excluding carboxylic acids is 1. The van der Waals surface area contributed by atoms with Gasteiger partial charge in [0.05, 0.1) is 6.54 Å². The number of unbranched alkanes of at least 4 members (excludes halogenated alkanes) is 1. The highest BCUT2D eigenvalue weighted by atomic mass is 127. The van der Waals surface area contributed by atoms with Crippen molar-refractivity contribution in [2.75, 3.05) is 52.9 Å². The van der Waals surface area contributed by atoms with Crippen LogP contribution in [0, 0.1) is 5.92 Å². The summed E-state index contributed by atoms with van der Waals surface area (Å²) in [5.41, 5.74) is 5.40. The van der Waals surface area contributed by atoms with Crippen LogP contribution in [0.25, 0.3) is 0 Å². The summed E-state index contributed by atoms with van der Waals surface area (Å²) in [6, 6.07) is 7.40. The van der Waals surface area contributed by atoms with E-state index in [9.17, 15) is 4.79 Å². The SMILES string of the molecule is CCNC(=NCCCCN1CCC(C(N)=O)CC1)N(C)CCOc1ccc(Cl)cc1.I. The van der Waals surface area contributed by atoms with Crippen LogP contribution in [0.4, 0.5) is 0 Å².